The number of benzene rings is 1. The molecule has 0 aliphatic heterocycles. The second-order valence-electron chi connectivity index (χ2n) is 6.30. The van der Waals surface area contributed by atoms with Crippen LogP contribution in [-0.2, 0) is 13.0 Å². The van der Waals surface area contributed by atoms with Crippen LogP contribution in [0.1, 0.15) is 43.7 Å². The van der Waals surface area contributed by atoms with Crippen LogP contribution < -0.4 is 20.1 Å². The molecule has 0 aromatic heterocycles. The van der Waals surface area contributed by atoms with Gasteiger partial charge in [-0.2, -0.15) is 0 Å². The Morgan fingerprint density at radius 3 is 2.64 bits per heavy atom. The molecule has 1 aromatic carbocycles. The van der Waals surface area contributed by atoms with Gasteiger partial charge in [-0.05, 0) is 43.9 Å². The maximum absolute atomic E-state index is 5.49. The monoisotopic (exact) mass is 345 g/mol. The van der Waals surface area contributed by atoms with E-state index in [-0.39, 0.29) is 0 Å². The van der Waals surface area contributed by atoms with E-state index in [1.165, 1.54) is 25.7 Å². The third-order valence-electron chi connectivity index (χ3n) is 4.44. The van der Waals surface area contributed by atoms with Crippen molar-refractivity contribution < 1.29 is 9.47 Å². The van der Waals surface area contributed by atoms with E-state index in [1.807, 2.05) is 12.1 Å². The van der Waals surface area contributed by atoms with E-state index < -0.39 is 0 Å². The van der Waals surface area contributed by atoms with Gasteiger partial charge in [0.05, 0.1) is 20.8 Å². The number of ether oxygens (including phenoxy) is 2. The Balaban J connectivity index is 2.17. The number of methoxy groups -OCH3 is 2. The Morgan fingerprint density at radius 2 is 2.04 bits per heavy atom. The molecule has 0 spiro atoms. The number of hydrogen-bond acceptors (Lipinski definition) is 3. The molecule has 2 N–H and O–H groups in total. The van der Waals surface area contributed by atoms with Gasteiger partial charge in [0.25, 0.3) is 0 Å². The molecular weight excluding hydrogens is 314 g/mol. The minimum Gasteiger partial charge on any atom is -0.493 e. The number of guanidine groups is 1. The van der Waals surface area contributed by atoms with Gasteiger partial charge in [-0.25, -0.2) is 4.99 Å². The molecule has 2 rings (SSSR count). The maximum Gasteiger partial charge on any atom is 0.191 e. The van der Waals surface area contributed by atoms with Gasteiger partial charge >= 0.3 is 0 Å². The molecule has 0 amide bonds. The van der Waals surface area contributed by atoms with E-state index in [0.29, 0.717) is 12.6 Å². The average Bonchev–Trinajstić information content (AvgIpc) is 3.12. The van der Waals surface area contributed by atoms with Crippen LogP contribution in [0.2, 0.25) is 0 Å². The van der Waals surface area contributed by atoms with Crippen LogP contribution >= 0.6 is 0 Å². The lowest BCUT2D eigenvalue weighted by Crippen LogP contribution is -2.42. The minimum absolute atomic E-state index is 0.541. The Hall–Kier alpha value is -2.17. The highest BCUT2D eigenvalue weighted by Gasteiger charge is 2.16. The molecule has 1 fully saturated rings. The van der Waals surface area contributed by atoms with Gasteiger partial charge in [0.15, 0.2) is 17.5 Å². The number of rotatable bonds is 8. The van der Waals surface area contributed by atoms with Crippen LogP contribution in [0.4, 0.5) is 0 Å². The van der Waals surface area contributed by atoms with Gasteiger partial charge < -0.3 is 20.1 Å². The number of nitrogens with zero attached hydrogens (tertiary/aromatic N) is 1. The van der Waals surface area contributed by atoms with Gasteiger partial charge in [-0.15, -0.1) is 6.58 Å². The van der Waals surface area contributed by atoms with Crippen LogP contribution in [-0.4, -0.2) is 32.8 Å². The van der Waals surface area contributed by atoms with Crippen LogP contribution in [0.15, 0.2) is 29.8 Å². The van der Waals surface area contributed by atoms with Crippen molar-refractivity contribution in [1.82, 2.24) is 10.6 Å². The summed E-state index contributed by atoms with van der Waals surface area (Å²) in [4.78, 5) is 4.75. The summed E-state index contributed by atoms with van der Waals surface area (Å²) in [5.74, 6) is 2.39. The van der Waals surface area contributed by atoms with E-state index in [4.69, 9.17) is 14.5 Å². The lowest BCUT2D eigenvalue weighted by Gasteiger charge is -2.17. The molecule has 1 aromatic rings. The average molecular weight is 345 g/mol. The molecule has 0 bridgehead atoms. The van der Waals surface area contributed by atoms with E-state index in [2.05, 4.69) is 30.2 Å². The van der Waals surface area contributed by atoms with Crippen LogP contribution in [0.25, 0.3) is 0 Å². The van der Waals surface area contributed by atoms with E-state index >= 15 is 0 Å². The van der Waals surface area contributed by atoms with Gasteiger partial charge in [0.1, 0.15) is 0 Å². The first kappa shape index (κ1) is 19.2. The van der Waals surface area contributed by atoms with Crippen molar-refractivity contribution in [3.8, 4) is 11.5 Å². The van der Waals surface area contributed by atoms with E-state index in [9.17, 15) is 0 Å². The largest absolute Gasteiger partial charge is 0.493 e. The molecule has 0 heterocycles. The molecule has 1 aliphatic carbocycles. The van der Waals surface area contributed by atoms with Crippen molar-refractivity contribution in [2.24, 2.45) is 4.99 Å². The highest BCUT2D eigenvalue weighted by molar-refractivity contribution is 5.80. The highest BCUT2D eigenvalue weighted by atomic mass is 16.5. The van der Waals surface area contributed by atoms with Gasteiger partial charge in [-0.1, -0.05) is 18.9 Å². The summed E-state index contributed by atoms with van der Waals surface area (Å²) in [5.41, 5.74) is 2.16. The SMILES string of the molecule is C=CCc1cc(CN=C(NCC)NC2CCCC2)cc(OC)c1OC. The van der Waals surface area contributed by atoms with Gasteiger partial charge in [0.2, 0.25) is 0 Å². The molecule has 138 valence electrons. The zero-order valence-corrected chi connectivity index (χ0v) is 15.7. The van der Waals surface area contributed by atoms with Crippen LogP contribution in [0, 0.1) is 0 Å². The molecule has 5 heteroatoms. The fourth-order valence-electron chi connectivity index (χ4n) is 3.26. The summed E-state index contributed by atoms with van der Waals surface area (Å²) in [5, 5.41) is 6.88. The number of hydrogen-bond donors (Lipinski definition) is 2. The first-order valence-electron chi connectivity index (χ1n) is 9.11. The van der Waals surface area contributed by atoms with E-state index in [0.717, 1.165) is 41.6 Å². The summed E-state index contributed by atoms with van der Waals surface area (Å²) >= 11 is 0. The molecule has 0 atom stereocenters. The van der Waals surface area contributed by atoms with Crippen molar-refractivity contribution in [2.45, 2.75) is 51.6 Å². The summed E-state index contributed by atoms with van der Waals surface area (Å²) in [6.45, 7) is 7.36. The fourth-order valence-corrected chi connectivity index (χ4v) is 3.26. The lowest BCUT2D eigenvalue weighted by molar-refractivity contribution is 0.352. The summed E-state index contributed by atoms with van der Waals surface area (Å²) < 4.78 is 11.0. The standard InChI is InChI=1S/C20H31N3O2/c1-5-9-16-12-15(13-18(24-3)19(16)25-4)14-22-20(21-6-2)23-17-10-7-8-11-17/h5,12-13,17H,1,6-11,14H2,2-4H3,(H2,21,22,23). The van der Waals surface area contributed by atoms with Crippen molar-refractivity contribution >= 4 is 5.96 Å². The fraction of sp³-hybridized carbons (Fsp3) is 0.550. The summed E-state index contributed by atoms with van der Waals surface area (Å²) in [6.07, 6.45) is 7.66. The Labute approximate surface area is 151 Å². The molecule has 0 saturated heterocycles. The number of nitrogens with one attached hydrogen (secondary N) is 2. The van der Waals surface area contributed by atoms with Gasteiger partial charge in [0, 0.05) is 18.2 Å². The van der Waals surface area contributed by atoms with E-state index in [1.54, 1.807) is 14.2 Å². The van der Waals surface area contributed by atoms with Crippen LogP contribution in [0.3, 0.4) is 0 Å². The predicted molar refractivity (Wildman–Crippen MR) is 104 cm³/mol. The van der Waals surface area contributed by atoms with Crippen molar-refractivity contribution in [2.75, 3.05) is 20.8 Å². The predicted octanol–water partition coefficient (Wildman–Crippen LogP) is 3.43. The zero-order chi connectivity index (χ0) is 18.1. The summed E-state index contributed by atoms with van der Waals surface area (Å²) in [7, 11) is 3.32. The quantitative estimate of drug-likeness (QED) is 0.431. The Morgan fingerprint density at radius 1 is 1.28 bits per heavy atom. The second kappa shape index (κ2) is 9.97. The minimum atomic E-state index is 0.541. The molecule has 25 heavy (non-hydrogen) atoms. The normalized spacial score (nSPS) is 15.1. The third-order valence-corrected chi connectivity index (χ3v) is 4.44. The van der Waals surface area contributed by atoms with Crippen molar-refractivity contribution in [3.63, 3.8) is 0 Å². The highest BCUT2D eigenvalue weighted by Crippen LogP contribution is 2.33. The topological polar surface area (TPSA) is 54.9 Å². The summed E-state index contributed by atoms with van der Waals surface area (Å²) in [6, 6.07) is 4.65. The first-order valence-corrected chi connectivity index (χ1v) is 9.11. The third kappa shape index (κ3) is 5.41. The Kier molecular flexibility index (Phi) is 7.64. The molecule has 0 unspecified atom stereocenters. The van der Waals surface area contributed by atoms with Crippen LogP contribution in [0.5, 0.6) is 11.5 Å². The van der Waals surface area contributed by atoms with Crippen molar-refractivity contribution in [1.29, 1.82) is 0 Å². The lowest BCUT2D eigenvalue weighted by atomic mass is 10.1. The Bertz CT molecular complexity index is 593. The smallest absolute Gasteiger partial charge is 0.191 e. The number of allylic oxidation sites excluding steroid dienone is 1. The molecule has 0 radical (unpaired) electrons. The zero-order valence-electron chi connectivity index (χ0n) is 15.7. The first-order chi connectivity index (χ1) is 12.2. The molecule has 5 nitrogen and oxygen atoms in total. The molecular formula is C20H31N3O2. The second-order valence-corrected chi connectivity index (χ2v) is 6.30. The van der Waals surface area contributed by atoms with Gasteiger partial charge in [-0.3, -0.25) is 0 Å². The number of aliphatic imine (C=N–C) groups is 1. The maximum atomic E-state index is 5.49. The molecule has 1 aliphatic rings. The van der Waals surface area contributed by atoms with Crippen molar-refractivity contribution in [3.05, 3.63) is 35.9 Å². The molecule has 1 saturated carbocycles.